The van der Waals surface area contributed by atoms with Crippen molar-refractivity contribution in [2.24, 2.45) is 0 Å². The third-order valence-corrected chi connectivity index (χ3v) is 5.17. The van der Waals surface area contributed by atoms with Gasteiger partial charge in [0.1, 0.15) is 6.33 Å². The Morgan fingerprint density at radius 3 is 2.69 bits per heavy atom. The fraction of sp³-hybridized carbons (Fsp3) is 0.211. The molecule has 0 bridgehead atoms. The lowest BCUT2D eigenvalue weighted by Crippen LogP contribution is -2.28. The Hall–Kier alpha value is -2.31. The van der Waals surface area contributed by atoms with E-state index in [9.17, 15) is 4.79 Å². The minimum absolute atomic E-state index is 0.0585. The molecule has 0 aliphatic rings. The molecule has 1 atom stereocenters. The molecule has 3 rings (SSSR count). The molecule has 0 spiro atoms. The first kappa shape index (κ1) is 18.5. The van der Waals surface area contributed by atoms with Crippen LogP contribution in [0.5, 0.6) is 0 Å². The Morgan fingerprint density at radius 1 is 1.23 bits per heavy atom. The van der Waals surface area contributed by atoms with Crippen molar-refractivity contribution in [1.29, 1.82) is 0 Å². The molecule has 0 radical (unpaired) electrons. The van der Waals surface area contributed by atoms with E-state index >= 15 is 0 Å². The molecule has 26 heavy (non-hydrogen) atoms. The average Bonchev–Trinajstić information content (AvgIpc) is 3.09. The summed E-state index contributed by atoms with van der Waals surface area (Å²) in [5.41, 5.74) is 3.14. The van der Waals surface area contributed by atoms with E-state index in [1.165, 1.54) is 11.8 Å². The van der Waals surface area contributed by atoms with Crippen LogP contribution in [0.15, 0.2) is 60.0 Å². The summed E-state index contributed by atoms with van der Waals surface area (Å²) < 4.78 is 1.90. The second-order valence-corrected chi connectivity index (χ2v) is 7.28. The molecule has 1 unspecified atom stereocenters. The number of aromatic nitrogens is 3. The summed E-state index contributed by atoms with van der Waals surface area (Å²) in [6, 6.07) is 15.4. The van der Waals surface area contributed by atoms with Crippen LogP contribution in [-0.2, 0) is 4.79 Å². The minimum atomic E-state index is -0.0883. The van der Waals surface area contributed by atoms with Gasteiger partial charge in [-0.2, -0.15) is 0 Å². The van der Waals surface area contributed by atoms with Gasteiger partial charge < -0.3 is 5.32 Å². The van der Waals surface area contributed by atoms with E-state index in [0.29, 0.717) is 10.2 Å². The maximum absolute atomic E-state index is 12.3. The van der Waals surface area contributed by atoms with Gasteiger partial charge in [-0.1, -0.05) is 53.7 Å². The summed E-state index contributed by atoms with van der Waals surface area (Å²) in [5, 5.41) is 12.5. The molecule has 1 aromatic heterocycles. The number of hydrogen-bond acceptors (Lipinski definition) is 4. The lowest BCUT2D eigenvalue weighted by atomic mass is 10.1. The topological polar surface area (TPSA) is 59.8 Å². The maximum Gasteiger partial charge on any atom is 0.230 e. The van der Waals surface area contributed by atoms with Crippen molar-refractivity contribution < 1.29 is 4.79 Å². The Morgan fingerprint density at radius 2 is 1.96 bits per heavy atom. The molecule has 7 heteroatoms. The van der Waals surface area contributed by atoms with Gasteiger partial charge in [0.15, 0.2) is 5.16 Å². The number of aryl methyl sites for hydroxylation is 1. The van der Waals surface area contributed by atoms with Crippen molar-refractivity contribution >= 4 is 29.3 Å². The smallest absolute Gasteiger partial charge is 0.230 e. The van der Waals surface area contributed by atoms with Gasteiger partial charge in [-0.25, -0.2) is 0 Å². The first-order chi connectivity index (χ1) is 12.5. The predicted octanol–water partition coefficient (Wildman–Crippen LogP) is 4.20. The molecule has 0 aliphatic heterocycles. The number of benzene rings is 2. The van der Waals surface area contributed by atoms with Crippen LogP contribution < -0.4 is 5.32 Å². The third kappa shape index (κ3) is 4.45. The van der Waals surface area contributed by atoms with Crippen LogP contribution in [0, 0.1) is 6.92 Å². The molecule has 5 nitrogen and oxygen atoms in total. The van der Waals surface area contributed by atoms with Gasteiger partial charge in [-0.15, -0.1) is 10.2 Å². The number of carbonyl (C=O) groups is 1. The normalized spacial score (nSPS) is 12.0. The summed E-state index contributed by atoms with van der Waals surface area (Å²) in [4.78, 5) is 12.3. The van der Waals surface area contributed by atoms with Gasteiger partial charge in [0.2, 0.25) is 5.91 Å². The zero-order chi connectivity index (χ0) is 18.5. The zero-order valence-corrected chi connectivity index (χ0v) is 16.1. The SMILES string of the molecule is Cc1ccccc1-n1cnnc1SCC(=O)NC(C)c1ccc(Cl)cc1. The second kappa shape index (κ2) is 8.38. The first-order valence-corrected chi connectivity index (χ1v) is 9.54. The number of thioether (sulfide) groups is 1. The van der Waals surface area contributed by atoms with Crippen LogP contribution in [0.3, 0.4) is 0 Å². The van der Waals surface area contributed by atoms with Gasteiger partial charge in [-0.3, -0.25) is 9.36 Å². The van der Waals surface area contributed by atoms with Gasteiger partial charge in [0, 0.05) is 5.02 Å². The van der Waals surface area contributed by atoms with E-state index in [-0.39, 0.29) is 17.7 Å². The molecule has 1 N–H and O–H groups in total. The van der Waals surface area contributed by atoms with Crippen molar-refractivity contribution in [3.63, 3.8) is 0 Å². The predicted molar refractivity (Wildman–Crippen MR) is 105 cm³/mol. The van der Waals surface area contributed by atoms with E-state index in [4.69, 9.17) is 11.6 Å². The highest BCUT2D eigenvalue weighted by atomic mass is 35.5. The number of halogens is 1. The highest BCUT2D eigenvalue weighted by Gasteiger charge is 2.13. The van der Waals surface area contributed by atoms with Crippen molar-refractivity contribution in [3.05, 3.63) is 71.0 Å². The molecule has 0 aliphatic carbocycles. The van der Waals surface area contributed by atoms with Gasteiger partial charge in [-0.05, 0) is 43.2 Å². The fourth-order valence-corrected chi connectivity index (χ4v) is 3.43. The molecule has 2 aromatic carbocycles. The summed E-state index contributed by atoms with van der Waals surface area (Å²) in [6.45, 7) is 3.98. The largest absolute Gasteiger partial charge is 0.349 e. The molecular weight excluding hydrogens is 368 g/mol. The number of carbonyl (C=O) groups excluding carboxylic acids is 1. The van der Waals surface area contributed by atoms with E-state index in [1.807, 2.05) is 66.9 Å². The number of hydrogen-bond donors (Lipinski definition) is 1. The van der Waals surface area contributed by atoms with Crippen LogP contribution in [0.25, 0.3) is 5.69 Å². The summed E-state index contributed by atoms with van der Waals surface area (Å²) in [6.07, 6.45) is 1.67. The van der Waals surface area contributed by atoms with Crippen LogP contribution in [0.1, 0.15) is 24.1 Å². The van der Waals surface area contributed by atoms with E-state index in [0.717, 1.165) is 16.8 Å². The van der Waals surface area contributed by atoms with Crippen molar-refractivity contribution in [1.82, 2.24) is 20.1 Å². The number of para-hydroxylation sites is 1. The first-order valence-electron chi connectivity index (χ1n) is 8.18. The van der Waals surface area contributed by atoms with Crippen LogP contribution >= 0.6 is 23.4 Å². The Bertz CT molecular complexity index is 895. The van der Waals surface area contributed by atoms with Gasteiger partial charge >= 0.3 is 0 Å². The van der Waals surface area contributed by atoms with Crippen molar-refractivity contribution in [2.75, 3.05) is 5.75 Å². The maximum atomic E-state index is 12.3. The molecule has 134 valence electrons. The van der Waals surface area contributed by atoms with Gasteiger partial charge in [0.25, 0.3) is 0 Å². The zero-order valence-electron chi connectivity index (χ0n) is 14.5. The summed E-state index contributed by atoms with van der Waals surface area (Å²) in [7, 11) is 0. The molecule has 0 saturated heterocycles. The number of nitrogens with one attached hydrogen (secondary N) is 1. The lowest BCUT2D eigenvalue weighted by molar-refractivity contribution is -0.119. The quantitative estimate of drug-likeness (QED) is 0.645. The highest BCUT2D eigenvalue weighted by molar-refractivity contribution is 7.99. The molecule has 1 amide bonds. The summed E-state index contributed by atoms with van der Waals surface area (Å²) >= 11 is 7.26. The van der Waals surface area contributed by atoms with Crippen LogP contribution in [0.2, 0.25) is 5.02 Å². The van der Waals surface area contributed by atoms with E-state index in [2.05, 4.69) is 15.5 Å². The minimum Gasteiger partial charge on any atom is -0.349 e. The average molecular weight is 387 g/mol. The third-order valence-electron chi connectivity index (χ3n) is 3.97. The Kier molecular flexibility index (Phi) is 5.96. The summed E-state index contributed by atoms with van der Waals surface area (Å²) in [5.74, 6) is 0.208. The van der Waals surface area contributed by atoms with Crippen LogP contribution in [0.4, 0.5) is 0 Å². The second-order valence-electron chi connectivity index (χ2n) is 5.90. The fourth-order valence-electron chi connectivity index (χ4n) is 2.57. The molecule has 0 saturated carbocycles. The number of amides is 1. The highest BCUT2D eigenvalue weighted by Crippen LogP contribution is 2.22. The van der Waals surface area contributed by atoms with E-state index in [1.54, 1.807) is 6.33 Å². The Labute approximate surface area is 161 Å². The number of rotatable bonds is 6. The monoisotopic (exact) mass is 386 g/mol. The molecule has 3 aromatic rings. The number of nitrogens with zero attached hydrogens (tertiary/aromatic N) is 3. The van der Waals surface area contributed by atoms with Crippen molar-refractivity contribution in [3.8, 4) is 5.69 Å². The standard InChI is InChI=1S/C19H19ClN4OS/c1-13-5-3-4-6-17(13)24-12-21-23-19(24)26-11-18(25)22-14(2)15-7-9-16(20)10-8-15/h3-10,12,14H,11H2,1-2H3,(H,22,25). The lowest BCUT2D eigenvalue weighted by Gasteiger charge is -2.14. The van der Waals surface area contributed by atoms with Gasteiger partial charge in [0.05, 0.1) is 17.5 Å². The molecular formula is C19H19ClN4OS. The molecule has 0 fully saturated rings. The van der Waals surface area contributed by atoms with Crippen molar-refractivity contribution in [2.45, 2.75) is 25.0 Å². The van der Waals surface area contributed by atoms with E-state index < -0.39 is 0 Å². The molecule has 1 heterocycles. The Balaban J connectivity index is 1.61. The van der Waals surface area contributed by atoms with Crippen LogP contribution in [-0.4, -0.2) is 26.4 Å².